The Labute approximate surface area is 107 Å². The van der Waals surface area contributed by atoms with Gasteiger partial charge in [-0.3, -0.25) is 5.10 Å². The van der Waals surface area contributed by atoms with Crippen molar-refractivity contribution in [3.8, 4) is 6.01 Å². The van der Waals surface area contributed by atoms with Crippen LogP contribution in [-0.4, -0.2) is 21.8 Å². The average molecular weight is 245 g/mol. The summed E-state index contributed by atoms with van der Waals surface area (Å²) in [6, 6.07) is 0.379. The number of aromatic amines is 1. The fraction of sp³-hybridized carbons (Fsp3) is 0.429. The zero-order chi connectivity index (χ0) is 13.0. The van der Waals surface area contributed by atoms with Crippen LogP contribution in [0, 0.1) is 5.92 Å². The van der Waals surface area contributed by atoms with Gasteiger partial charge in [-0.15, -0.1) is 5.10 Å². The van der Waals surface area contributed by atoms with Crippen LogP contribution in [0.15, 0.2) is 30.9 Å². The number of H-pyrrole nitrogens is 1. The Bertz CT molecular complexity index is 469. The molecule has 0 bridgehead atoms. The number of rotatable bonds is 6. The van der Waals surface area contributed by atoms with Crippen LogP contribution < -0.4 is 4.74 Å². The zero-order valence-corrected chi connectivity index (χ0v) is 10.8. The lowest BCUT2D eigenvalue weighted by Crippen LogP contribution is -2.14. The molecule has 2 rings (SSSR count). The smallest absolute Gasteiger partial charge is 0.335 e. The van der Waals surface area contributed by atoms with E-state index in [1.807, 2.05) is 19.1 Å². The van der Waals surface area contributed by atoms with E-state index in [2.05, 4.69) is 28.3 Å². The summed E-state index contributed by atoms with van der Waals surface area (Å²) in [5.74, 6) is 1.28. The Kier molecular flexibility index (Phi) is 3.97. The van der Waals surface area contributed by atoms with Crippen LogP contribution >= 0.6 is 0 Å². The Balaban J connectivity index is 2.32. The molecule has 1 heterocycles. The van der Waals surface area contributed by atoms with Gasteiger partial charge in [0.2, 0.25) is 0 Å². The van der Waals surface area contributed by atoms with Crippen molar-refractivity contribution in [2.45, 2.75) is 26.2 Å². The van der Waals surface area contributed by atoms with Crippen LogP contribution in [0.4, 0.5) is 0 Å². The topological polar surface area (TPSA) is 50.8 Å². The largest absolute Gasteiger partial charge is 0.463 e. The van der Waals surface area contributed by atoms with Crippen molar-refractivity contribution in [2.24, 2.45) is 5.92 Å². The molecule has 1 saturated carbocycles. The third-order valence-corrected chi connectivity index (χ3v) is 3.27. The van der Waals surface area contributed by atoms with Gasteiger partial charge in [0.1, 0.15) is 0 Å². The van der Waals surface area contributed by atoms with E-state index in [9.17, 15) is 0 Å². The molecule has 18 heavy (non-hydrogen) atoms. The SMILES string of the molecule is C=C/C(=C(\C=C)C1CCC1)c1nc(OCC)n[nH]1. The highest BCUT2D eigenvalue weighted by Crippen LogP contribution is 2.37. The number of hydrogen-bond donors (Lipinski definition) is 1. The van der Waals surface area contributed by atoms with E-state index in [1.54, 1.807) is 0 Å². The Morgan fingerprint density at radius 3 is 2.72 bits per heavy atom. The first-order valence-electron chi connectivity index (χ1n) is 6.34. The molecule has 96 valence electrons. The Morgan fingerprint density at radius 2 is 2.22 bits per heavy atom. The monoisotopic (exact) mass is 245 g/mol. The highest BCUT2D eigenvalue weighted by Gasteiger charge is 2.23. The molecule has 1 N–H and O–H groups in total. The maximum Gasteiger partial charge on any atom is 0.335 e. The number of hydrogen-bond acceptors (Lipinski definition) is 3. The molecule has 1 aliphatic carbocycles. The van der Waals surface area contributed by atoms with Gasteiger partial charge in [0.25, 0.3) is 0 Å². The number of allylic oxidation sites excluding steroid dienone is 4. The quantitative estimate of drug-likeness (QED) is 0.783. The van der Waals surface area contributed by atoms with E-state index in [0.29, 0.717) is 24.4 Å². The van der Waals surface area contributed by atoms with Crippen LogP contribution in [0.25, 0.3) is 5.57 Å². The van der Waals surface area contributed by atoms with Crippen LogP contribution in [0.2, 0.25) is 0 Å². The van der Waals surface area contributed by atoms with Crippen molar-refractivity contribution in [3.63, 3.8) is 0 Å². The first-order chi connectivity index (χ1) is 8.80. The fourth-order valence-electron chi connectivity index (χ4n) is 2.13. The lowest BCUT2D eigenvalue weighted by atomic mass is 9.77. The molecule has 1 aliphatic rings. The summed E-state index contributed by atoms with van der Waals surface area (Å²) in [4.78, 5) is 4.32. The molecule has 0 amide bonds. The molecule has 0 unspecified atom stereocenters. The van der Waals surface area contributed by atoms with Gasteiger partial charge in [0, 0.05) is 5.57 Å². The molecule has 1 aromatic heterocycles. The summed E-state index contributed by atoms with van der Waals surface area (Å²) in [7, 11) is 0. The minimum Gasteiger partial charge on any atom is -0.463 e. The van der Waals surface area contributed by atoms with Gasteiger partial charge in [-0.05, 0) is 31.3 Å². The van der Waals surface area contributed by atoms with Crippen molar-refractivity contribution in [3.05, 3.63) is 36.7 Å². The van der Waals surface area contributed by atoms with Crippen LogP contribution in [0.3, 0.4) is 0 Å². The van der Waals surface area contributed by atoms with E-state index in [1.165, 1.54) is 24.8 Å². The predicted octanol–water partition coefficient (Wildman–Crippen LogP) is 3.13. The van der Waals surface area contributed by atoms with Gasteiger partial charge in [-0.2, -0.15) is 4.98 Å². The van der Waals surface area contributed by atoms with E-state index < -0.39 is 0 Å². The molecular weight excluding hydrogens is 226 g/mol. The van der Waals surface area contributed by atoms with Gasteiger partial charge in [-0.1, -0.05) is 31.7 Å². The van der Waals surface area contributed by atoms with Crippen LogP contribution in [0.1, 0.15) is 32.0 Å². The molecule has 0 radical (unpaired) electrons. The maximum atomic E-state index is 5.26. The summed E-state index contributed by atoms with van der Waals surface area (Å²) in [5.41, 5.74) is 2.18. The van der Waals surface area contributed by atoms with Gasteiger partial charge in [0.15, 0.2) is 5.82 Å². The molecule has 4 heteroatoms. The molecule has 0 aromatic carbocycles. The van der Waals surface area contributed by atoms with Crippen molar-refractivity contribution in [1.29, 1.82) is 0 Å². The van der Waals surface area contributed by atoms with Crippen molar-refractivity contribution >= 4 is 5.57 Å². The third-order valence-electron chi connectivity index (χ3n) is 3.27. The second-order valence-electron chi connectivity index (χ2n) is 4.30. The minimum absolute atomic E-state index is 0.379. The average Bonchev–Trinajstić information content (AvgIpc) is 2.75. The lowest BCUT2D eigenvalue weighted by molar-refractivity contribution is 0.314. The number of nitrogens with one attached hydrogen (secondary N) is 1. The minimum atomic E-state index is 0.379. The molecule has 0 atom stereocenters. The number of aromatic nitrogens is 3. The molecule has 4 nitrogen and oxygen atoms in total. The Hall–Kier alpha value is -1.84. The number of nitrogens with zero attached hydrogens (tertiary/aromatic N) is 2. The highest BCUT2D eigenvalue weighted by atomic mass is 16.5. The molecule has 1 aromatic rings. The Morgan fingerprint density at radius 1 is 1.44 bits per heavy atom. The molecule has 1 fully saturated rings. The van der Waals surface area contributed by atoms with Gasteiger partial charge in [-0.25, -0.2) is 0 Å². The van der Waals surface area contributed by atoms with Gasteiger partial charge >= 0.3 is 6.01 Å². The van der Waals surface area contributed by atoms with Crippen molar-refractivity contribution < 1.29 is 4.74 Å². The summed E-state index contributed by atoms with van der Waals surface area (Å²) in [6.07, 6.45) is 7.43. The molecule has 0 aliphatic heterocycles. The van der Waals surface area contributed by atoms with Gasteiger partial charge < -0.3 is 4.74 Å². The number of ether oxygens (including phenoxy) is 1. The standard InChI is InChI=1S/C14H19N3O/c1-4-11(10-8-7-9-10)12(5-2)13-15-14(17-16-13)18-6-3/h4-5,10H,1-2,6-9H2,3H3,(H,15,16,17)/b12-11-. The summed E-state index contributed by atoms with van der Waals surface area (Å²) < 4.78 is 5.26. The van der Waals surface area contributed by atoms with E-state index in [4.69, 9.17) is 4.74 Å². The van der Waals surface area contributed by atoms with Crippen LogP contribution in [0.5, 0.6) is 6.01 Å². The fourth-order valence-corrected chi connectivity index (χ4v) is 2.13. The molecule has 0 spiro atoms. The molecular formula is C14H19N3O. The predicted molar refractivity (Wildman–Crippen MR) is 72.2 cm³/mol. The second kappa shape index (κ2) is 5.67. The second-order valence-corrected chi connectivity index (χ2v) is 4.30. The van der Waals surface area contributed by atoms with E-state index >= 15 is 0 Å². The van der Waals surface area contributed by atoms with E-state index in [0.717, 1.165) is 5.57 Å². The normalized spacial score (nSPS) is 16.7. The van der Waals surface area contributed by atoms with Crippen molar-refractivity contribution in [1.82, 2.24) is 15.2 Å². The zero-order valence-electron chi connectivity index (χ0n) is 10.8. The lowest BCUT2D eigenvalue weighted by Gasteiger charge is -2.27. The summed E-state index contributed by atoms with van der Waals surface area (Å²) in [5, 5.41) is 6.92. The molecule has 0 saturated heterocycles. The van der Waals surface area contributed by atoms with E-state index in [-0.39, 0.29) is 0 Å². The first kappa shape index (κ1) is 12.6. The summed E-state index contributed by atoms with van der Waals surface area (Å²) in [6.45, 7) is 10.2. The summed E-state index contributed by atoms with van der Waals surface area (Å²) >= 11 is 0. The van der Waals surface area contributed by atoms with Crippen molar-refractivity contribution in [2.75, 3.05) is 6.61 Å². The third kappa shape index (κ3) is 2.37. The first-order valence-corrected chi connectivity index (χ1v) is 6.34. The van der Waals surface area contributed by atoms with Crippen LogP contribution in [-0.2, 0) is 0 Å². The highest BCUT2D eigenvalue weighted by molar-refractivity contribution is 5.74. The maximum absolute atomic E-state index is 5.26. The van der Waals surface area contributed by atoms with Gasteiger partial charge in [0.05, 0.1) is 6.61 Å².